The predicted molar refractivity (Wildman–Crippen MR) is 267 cm³/mol. The van der Waals surface area contributed by atoms with E-state index in [-0.39, 0.29) is 46.5 Å². The Morgan fingerprint density at radius 1 is 0.550 bits per heavy atom. The number of hydrogen-bond acceptors (Lipinski definition) is 0. The smallest absolute Gasteiger partial charge is 0.147 e. The second kappa shape index (κ2) is 16.7. The van der Waals surface area contributed by atoms with Crippen molar-refractivity contribution in [1.82, 2.24) is 0 Å². The molecule has 0 spiro atoms. The molecular formula is C55H60Cl4Zr. The number of allylic oxidation sites excluding steroid dienone is 4. The number of halogens is 4. The van der Waals surface area contributed by atoms with E-state index in [1.165, 1.54) is 69.6 Å². The molecule has 0 saturated heterocycles. The first kappa shape index (κ1) is 46.7. The van der Waals surface area contributed by atoms with E-state index in [0.717, 1.165) is 33.7 Å². The van der Waals surface area contributed by atoms with E-state index in [9.17, 15) is 0 Å². The quantitative estimate of drug-likeness (QED) is 0.165. The molecule has 0 amide bonds. The zero-order valence-corrected chi connectivity index (χ0v) is 43.0. The Balaban J connectivity index is 0.00000302. The average Bonchev–Trinajstić information content (AvgIpc) is 3.79. The second-order valence-corrected chi connectivity index (χ2v) is 27.6. The van der Waals surface area contributed by atoms with Crippen molar-refractivity contribution < 1.29 is 21.3 Å². The number of hydrogen-bond donors (Lipinski definition) is 0. The first-order valence-electron chi connectivity index (χ1n) is 21.0. The van der Waals surface area contributed by atoms with Gasteiger partial charge in [0.2, 0.25) is 0 Å². The minimum absolute atomic E-state index is 0. The molecule has 2 aliphatic carbocycles. The van der Waals surface area contributed by atoms with Gasteiger partial charge in [-0.3, -0.25) is 0 Å². The van der Waals surface area contributed by atoms with Crippen molar-refractivity contribution in [3.8, 4) is 11.1 Å². The average molecular weight is 954 g/mol. The van der Waals surface area contributed by atoms with Crippen molar-refractivity contribution in [3.05, 3.63) is 167 Å². The minimum Gasteiger partial charge on any atom is -0.147 e. The summed E-state index contributed by atoms with van der Waals surface area (Å²) < 4.78 is 4.68. The third-order valence-corrected chi connectivity index (χ3v) is 20.4. The van der Waals surface area contributed by atoms with Gasteiger partial charge >= 0.3 is 368 Å². The number of benzene rings is 6. The van der Waals surface area contributed by atoms with Gasteiger partial charge in [0.05, 0.1) is 0 Å². The van der Waals surface area contributed by atoms with Crippen LogP contribution in [0.25, 0.3) is 32.7 Å². The molecule has 0 N–H and O–H groups in total. The van der Waals surface area contributed by atoms with Gasteiger partial charge in [-0.1, -0.05) is 0 Å². The van der Waals surface area contributed by atoms with Gasteiger partial charge in [-0.15, -0.1) is 24.8 Å². The molecule has 5 heteroatoms. The van der Waals surface area contributed by atoms with Gasteiger partial charge in [-0.05, 0) is 0 Å². The van der Waals surface area contributed by atoms with Crippen LogP contribution >= 0.6 is 48.0 Å². The van der Waals surface area contributed by atoms with Gasteiger partial charge in [-0.25, -0.2) is 0 Å². The molecule has 0 radical (unpaired) electrons. The van der Waals surface area contributed by atoms with E-state index in [1.54, 1.807) is 6.55 Å². The first-order chi connectivity index (χ1) is 27.1. The predicted octanol–water partition coefficient (Wildman–Crippen LogP) is 16.3. The van der Waals surface area contributed by atoms with Crippen LogP contribution in [0.3, 0.4) is 0 Å². The topological polar surface area (TPSA) is 0 Å². The first-order valence-corrected chi connectivity index (χ1v) is 25.4. The Morgan fingerprint density at radius 3 is 1.50 bits per heavy atom. The molecule has 0 nitrogen and oxygen atoms in total. The van der Waals surface area contributed by atoms with Gasteiger partial charge in [-0.2, -0.15) is 0 Å². The van der Waals surface area contributed by atoms with Gasteiger partial charge < -0.3 is 0 Å². The van der Waals surface area contributed by atoms with Gasteiger partial charge in [0.25, 0.3) is 0 Å². The summed E-state index contributed by atoms with van der Waals surface area (Å²) in [7, 11) is 0. The maximum absolute atomic E-state index is 7.22. The third kappa shape index (κ3) is 8.50. The summed E-state index contributed by atoms with van der Waals surface area (Å²) >= 11 is 11.1. The second-order valence-electron chi connectivity index (χ2n) is 20.9. The molecule has 0 aromatic heterocycles. The summed E-state index contributed by atoms with van der Waals surface area (Å²) in [5.74, 6) is 0. The summed E-state index contributed by atoms with van der Waals surface area (Å²) in [6.45, 7) is 28.9. The molecule has 2 aliphatic rings. The SMILES string of the molecule is CC(C)(C)c1cc2c(cc1C(C)(C)C)-c1cc(C(C)(C)C)c(C(C)(C)C)[c]([Zr]([C]3=CC=CC3)=[C](c3cc(Cl)cc4ccccc34)c3cc(Cl)cc4ccccc34)c1C2.Cl.Cl. The molecule has 0 unspecified atom stereocenters. The summed E-state index contributed by atoms with van der Waals surface area (Å²) in [5, 5.41) is 6.34. The summed E-state index contributed by atoms with van der Waals surface area (Å²) in [5.41, 5.74) is 14.1. The van der Waals surface area contributed by atoms with Crippen LogP contribution in [0.4, 0.5) is 0 Å². The van der Waals surface area contributed by atoms with Crippen LogP contribution in [0.5, 0.6) is 0 Å². The van der Waals surface area contributed by atoms with Crippen LogP contribution in [0.2, 0.25) is 10.0 Å². The zero-order valence-electron chi connectivity index (χ0n) is 37.4. The molecular weight excluding hydrogens is 894 g/mol. The normalized spacial score (nSPS) is 13.8. The fraction of sp³-hybridized carbons (Fsp3) is 0.327. The van der Waals surface area contributed by atoms with Crippen molar-refractivity contribution in [2.24, 2.45) is 0 Å². The number of fused-ring (bicyclic) bond motifs is 5. The Labute approximate surface area is 389 Å². The Kier molecular flexibility index (Phi) is 13.0. The van der Waals surface area contributed by atoms with Crippen LogP contribution < -0.4 is 3.27 Å². The van der Waals surface area contributed by atoms with E-state index >= 15 is 0 Å². The van der Waals surface area contributed by atoms with Gasteiger partial charge in [0.15, 0.2) is 0 Å². The standard InChI is InChI=1S/C29H41.C21H12Cl2.C5H5.2ClH.Zr/c1-26(2,3)22-14-18-13-19-15-23(27(4,5)6)25(29(10,11)12)17-21(19)20(18)16-24(22)28(7,8)9;22-18-10-14-5-1-3-7-20(14)16(12-18)9-17-13-19(23)11-15-6-2-4-8-21(15)17;1-2-4-5-3-1;;;/h14,16-17H,13H2,1-12H3;1-8,10-13H;1-3H,4H2;2*1H;. The van der Waals surface area contributed by atoms with E-state index in [0.29, 0.717) is 0 Å². The maximum atomic E-state index is 7.22. The van der Waals surface area contributed by atoms with Crippen LogP contribution in [0, 0.1) is 0 Å². The molecule has 8 rings (SSSR count). The molecule has 0 bridgehead atoms. The molecule has 6 aromatic carbocycles. The van der Waals surface area contributed by atoms with Crippen molar-refractivity contribution in [2.75, 3.05) is 0 Å². The number of rotatable bonds is 4. The monoisotopic (exact) mass is 950 g/mol. The molecule has 0 aliphatic heterocycles. The molecule has 60 heavy (non-hydrogen) atoms. The summed E-state index contributed by atoms with van der Waals surface area (Å²) in [6.07, 6.45) is 9.07. The van der Waals surface area contributed by atoms with E-state index in [1.807, 2.05) is 0 Å². The fourth-order valence-electron chi connectivity index (χ4n) is 9.72. The summed E-state index contributed by atoms with van der Waals surface area (Å²) in [4.78, 5) is 0. The van der Waals surface area contributed by atoms with E-state index in [2.05, 4.69) is 192 Å². The third-order valence-electron chi connectivity index (χ3n) is 12.3. The molecule has 0 atom stereocenters. The Hall–Kier alpha value is -2.77. The van der Waals surface area contributed by atoms with Gasteiger partial charge in [0, 0.05) is 0 Å². The molecule has 312 valence electrons. The summed E-state index contributed by atoms with van der Waals surface area (Å²) in [6, 6.07) is 34.2. The van der Waals surface area contributed by atoms with Crippen molar-refractivity contribution in [1.29, 1.82) is 0 Å². The van der Waals surface area contributed by atoms with Crippen LogP contribution in [0.15, 0.2) is 113 Å². The maximum Gasteiger partial charge on any atom is -0.147 e. The van der Waals surface area contributed by atoms with Crippen molar-refractivity contribution >= 4 is 76.0 Å². The van der Waals surface area contributed by atoms with Gasteiger partial charge in [0.1, 0.15) is 0 Å². The fourth-order valence-corrected chi connectivity index (χ4v) is 19.3. The molecule has 0 heterocycles. The zero-order chi connectivity index (χ0) is 41.7. The van der Waals surface area contributed by atoms with Crippen LogP contribution in [-0.4, -0.2) is 3.21 Å². The van der Waals surface area contributed by atoms with E-state index in [4.69, 9.17) is 23.2 Å². The van der Waals surface area contributed by atoms with Crippen LogP contribution in [0.1, 0.15) is 134 Å². The Morgan fingerprint density at radius 2 is 1.03 bits per heavy atom. The molecule has 0 fully saturated rings. The Bertz CT molecular complexity index is 2680. The minimum atomic E-state index is -3.33. The largest absolute Gasteiger partial charge is 0.147 e. The molecule has 6 aromatic rings. The van der Waals surface area contributed by atoms with Crippen molar-refractivity contribution in [3.63, 3.8) is 0 Å². The van der Waals surface area contributed by atoms with Crippen molar-refractivity contribution in [2.45, 2.75) is 118 Å². The van der Waals surface area contributed by atoms with E-state index < -0.39 is 21.3 Å². The van der Waals surface area contributed by atoms with Crippen LogP contribution in [-0.2, 0) is 49.3 Å². The molecule has 0 saturated carbocycles.